The number of allylic oxidation sites excluding steroid dienone is 3. The van der Waals surface area contributed by atoms with Crippen LogP contribution in [0.5, 0.6) is 0 Å². The number of hydrogen-bond acceptors (Lipinski definition) is 28. The molecule has 0 aliphatic heterocycles. The van der Waals surface area contributed by atoms with Gasteiger partial charge in [0, 0.05) is 150 Å². The van der Waals surface area contributed by atoms with Gasteiger partial charge in [-0.25, -0.2) is 0 Å². The van der Waals surface area contributed by atoms with Gasteiger partial charge in [-0.05, 0) is 248 Å². The molecular formula is C108H165N19O21. The Labute approximate surface area is 870 Å². The summed E-state index contributed by atoms with van der Waals surface area (Å²) in [6.45, 7) is 8.92. The van der Waals surface area contributed by atoms with Gasteiger partial charge >= 0.3 is 0 Å². The number of fused-ring (bicyclic) bond motifs is 15. The third kappa shape index (κ3) is 23.1. The number of aliphatic hydroxyl groups is 3. The summed E-state index contributed by atoms with van der Waals surface area (Å²) < 4.78 is 37.7. The number of aryl methyl sites for hydroxylation is 3. The van der Waals surface area contributed by atoms with E-state index in [9.17, 15) is 48.9 Å². The van der Waals surface area contributed by atoms with Crippen molar-refractivity contribution >= 4 is 70.5 Å². The topological polar surface area (TPSA) is 477 Å². The summed E-state index contributed by atoms with van der Waals surface area (Å²) in [6.07, 6.45) is 30.9. The lowest BCUT2D eigenvalue weighted by Crippen LogP contribution is -2.54. The molecular weight excluding hydrogens is 1900 g/mol. The standard InChI is InChI=1S/C108H165N19O21/c1-100-31-22-76(128)58-73(100)16-19-79-82(100)25-34-103(4)85(79)28-37-106(103,140)88-62-125(114-111-88)43-13-40-110-61-92(132)120(47-53-144-8)68-98(138)121(48-54-145-9)69-93(133)118(42-15-45-127-64-90(113-116-127)108(142)39-30-87-81-21-18-75-60-78(130)24-33-102(75,3)84(81)27-36-105(87,108)6)67-97(137)124(51-57-148-12)72-99(139)122(49-55-146-10)70-94(134)117(66-96(136)123(50-56-147-11)71-95(135)119(46-52-143-7)65-91(109)131)41-14-44-126-63-89(112-115-126)107(141)38-29-86-80-20-17-74-59-77(129)23-32-101(74,2)83(80)26-35-104(86,107)5/h58-60,62-64,79-87,110,140-142H,13-57,61,65-72H2,1-12H3,(H2,109,131)/t79-,80-,81-,82+,83+,84+,85+,86+,87+,100+,101+,102+,103+,104+,105+,106-,107-,108-/m1/s1. The van der Waals surface area contributed by atoms with E-state index in [0.29, 0.717) is 117 Å². The zero-order valence-electron chi connectivity index (χ0n) is 89.7. The minimum absolute atomic E-state index is 0.00445. The minimum Gasteiger partial charge on any atom is -0.383 e. The lowest BCUT2D eigenvalue weighted by atomic mass is 9.46. The van der Waals surface area contributed by atoms with E-state index in [4.69, 9.17) is 34.2 Å². The molecule has 0 aromatic carbocycles. The molecule has 0 saturated heterocycles. The Bertz CT molecular complexity index is 5370. The van der Waals surface area contributed by atoms with Gasteiger partial charge < -0.3 is 94.0 Å². The fourth-order valence-corrected chi connectivity index (χ4v) is 29.9. The first-order valence-corrected chi connectivity index (χ1v) is 54.5. The van der Waals surface area contributed by atoms with E-state index in [-0.39, 0.29) is 170 Å². The highest BCUT2D eigenvalue weighted by Crippen LogP contribution is 2.73. The van der Waals surface area contributed by atoms with Gasteiger partial charge in [0.15, 0.2) is 17.3 Å². The summed E-state index contributed by atoms with van der Waals surface area (Å²) in [6, 6.07) is 0. The highest BCUT2D eigenvalue weighted by atomic mass is 16.5. The Hall–Kier alpha value is -9.52. The van der Waals surface area contributed by atoms with Gasteiger partial charge in [0.25, 0.3) is 0 Å². The highest BCUT2D eigenvalue weighted by Gasteiger charge is 2.69. The molecule has 9 saturated carbocycles. The van der Waals surface area contributed by atoms with Crippen LogP contribution in [-0.4, -0.2) is 370 Å². The number of rotatable bonds is 51. The molecule has 148 heavy (non-hydrogen) atoms. The van der Waals surface area contributed by atoms with E-state index in [1.807, 2.05) is 24.4 Å². The summed E-state index contributed by atoms with van der Waals surface area (Å²) in [5.74, 6) is -2.27. The van der Waals surface area contributed by atoms with Crippen LogP contribution in [-0.2, 0) is 122 Å². The Kier molecular flexibility index (Phi) is 36.4. The molecule has 818 valence electrons. The summed E-state index contributed by atoms with van der Waals surface area (Å²) in [5, 5.41) is 69.8. The second kappa shape index (κ2) is 47.8. The van der Waals surface area contributed by atoms with Crippen LogP contribution < -0.4 is 11.1 Å². The van der Waals surface area contributed by atoms with Crippen LogP contribution in [0.3, 0.4) is 0 Å². The maximum absolute atomic E-state index is 15.6. The maximum Gasteiger partial charge on any atom is 0.242 e. The zero-order valence-corrected chi connectivity index (χ0v) is 89.7. The van der Waals surface area contributed by atoms with Gasteiger partial charge in [-0.1, -0.05) is 73.9 Å². The first-order chi connectivity index (χ1) is 70.7. The molecule has 3 heterocycles. The quantitative estimate of drug-likeness (QED) is 0.0418. The van der Waals surface area contributed by atoms with Crippen molar-refractivity contribution in [2.75, 3.05) is 200 Å². The van der Waals surface area contributed by atoms with Crippen molar-refractivity contribution in [2.24, 2.45) is 91.5 Å². The number of methoxy groups -OCH3 is 6. The molecule has 12 aliphatic carbocycles. The van der Waals surface area contributed by atoms with Crippen LogP contribution in [0.1, 0.15) is 232 Å². The van der Waals surface area contributed by atoms with Crippen molar-refractivity contribution in [1.82, 2.24) is 89.5 Å². The summed E-state index contributed by atoms with van der Waals surface area (Å²) in [5.41, 5.74) is 5.50. The Morgan fingerprint density at radius 3 is 0.858 bits per heavy atom. The molecule has 15 rings (SSSR count). The monoisotopic (exact) mass is 2060 g/mol. The molecule has 3 aromatic heterocycles. The van der Waals surface area contributed by atoms with Crippen molar-refractivity contribution in [3.8, 4) is 0 Å². The van der Waals surface area contributed by atoms with Gasteiger partial charge in [0.2, 0.25) is 53.2 Å². The van der Waals surface area contributed by atoms with E-state index >= 15 is 24.0 Å². The molecule has 6 N–H and O–H groups in total. The molecule has 9 amide bonds. The number of nitrogens with two attached hydrogens (primary N) is 1. The Morgan fingerprint density at radius 1 is 0.338 bits per heavy atom. The number of amides is 9. The van der Waals surface area contributed by atoms with Crippen LogP contribution in [0, 0.1) is 85.8 Å². The largest absolute Gasteiger partial charge is 0.383 e. The molecule has 0 radical (unpaired) electrons. The third-order valence-corrected chi connectivity index (χ3v) is 38.7. The molecule has 0 spiro atoms. The molecule has 0 bridgehead atoms. The van der Waals surface area contributed by atoms with Crippen LogP contribution in [0.25, 0.3) is 0 Å². The predicted octanol–water partition coefficient (Wildman–Crippen LogP) is 5.77. The van der Waals surface area contributed by atoms with E-state index in [2.05, 4.69) is 77.8 Å². The Morgan fingerprint density at radius 2 is 0.588 bits per heavy atom. The lowest BCUT2D eigenvalue weighted by molar-refractivity contribution is -0.149. The zero-order chi connectivity index (χ0) is 106. The number of primary amides is 1. The average molecular weight is 2070 g/mol. The minimum atomic E-state index is -1.32. The first kappa shape index (κ1) is 113. The highest BCUT2D eigenvalue weighted by molar-refractivity contribution is 5.95. The smallest absolute Gasteiger partial charge is 0.242 e. The van der Waals surface area contributed by atoms with Crippen LogP contribution in [0.15, 0.2) is 53.5 Å². The van der Waals surface area contributed by atoms with Crippen molar-refractivity contribution in [3.05, 3.63) is 70.6 Å². The van der Waals surface area contributed by atoms with E-state index < -0.39 is 139 Å². The number of aromatic nitrogens is 9. The van der Waals surface area contributed by atoms with Crippen molar-refractivity contribution in [3.63, 3.8) is 0 Å². The molecule has 18 atom stereocenters. The summed E-state index contributed by atoms with van der Waals surface area (Å²) in [4.78, 5) is 181. The van der Waals surface area contributed by atoms with Gasteiger partial charge in [-0.2, -0.15) is 0 Å². The number of carbonyl (C=O) groups excluding carboxylic acids is 12. The summed E-state index contributed by atoms with van der Waals surface area (Å²) in [7, 11) is 8.61. The number of hydrogen-bond donors (Lipinski definition) is 5. The molecule has 0 unspecified atom stereocenters. The maximum atomic E-state index is 15.6. The fourth-order valence-electron chi connectivity index (χ4n) is 29.9. The van der Waals surface area contributed by atoms with E-state index in [1.54, 1.807) is 26.4 Å². The van der Waals surface area contributed by atoms with E-state index in [0.717, 1.165) is 116 Å². The molecule has 9 fully saturated rings. The van der Waals surface area contributed by atoms with Gasteiger partial charge in [0.1, 0.15) is 33.9 Å². The van der Waals surface area contributed by atoms with Gasteiger partial charge in [0.05, 0.1) is 117 Å². The van der Waals surface area contributed by atoms with Crippen LogP contribution >= 0.6 is 0 Å². The number of ether oxygens (including phenoxy) is 6. The Balaban J connectivity index is 0.633. The lowest BCUT2D eigenvalue weighted by Gasteiger charge is -2.59. The number of ketones is 3. The second-order valence-corrected chi connectivity index (χ2v) is 46.3. The SMILES string of the molecule is COCCN(CC(N)=O)C(=O)CN(CCOC)C(=O)CN(CCCn1cc([C@]2(O)CC[C@H]3[C@@H]4CCC5=CC(=O)CC[C@]5(C)[C@H]4CC[C@@]32C)nn1)C(=O)CN(CCOC)C(=O)CN(CCOC)C(=O)CN(CCCn1cc([C@]2(O)CC[C@H]3[C@@H]4CCC5=CC(=O)CC[C@]5(C)[C@H]4CC[C@@]32C)nn1)C(=O)CN(CCOC)C(=O)CN(CCOC)C(=O)CNCCCn1cc([C@]2(O)CC[C@H]3[C@@H]4CCC5=CC(=O)CC[C@]5(C)[C@H]4CC[C@@]32C)nn1. The number of carbonyl (C=O) groups is 12. The number of nitrogens with one attached hydrogen (secondary N) is 1. The van der Waals surface area contributed by atoms with Crippen molar-refractivity contribution < 1.29 is 101 Å². The van der Waals surface area contributed by atoms with E-state index in [1.165, 1.54) is 98.6 Å². The van der Waals surface area contributed by atoms with Gasteiger partial charge in [-0.3, -0.25) is 71.6 Å². The number of nitrogens with zero attached hydrogens (tertiary/aromatic N) is 17. The van der Waals surface area contributed by atoms with Crippen molar-refractivity contribution in [1.29, 1.82) is 0 Å². The normalized spacial score (nSPS) is 30.7. The molecule has 40 heteroatoms. The predicted molar refractivity (Wildman–Crippen MR) is 542 cm³/mol. The fraction of sp³-hybridized carbons (Fsp3) is 0.778. The molecule has 3 aromatic rings. The van der Waals surface area contributed by atoms with Crippen LogP contribution in [0.2, 0.25) is 0 Å². The van der Waals surface area contributed by atoms with Crippen LogP contribution in [0.4, 0.5) is 0 Å². The summed E-state index contributed by atoms with van der Waals surface area (Å²) >= 11 is 0. The third-order valence-electron chi connectivity index (χ3n) is 38.7. The molecule has 12 aliphatic rings. The average Bonchev–Trinajstić information content (AvgIpc) is 1.53. The van der Waals surface area contributed by atoms with Crippen molar-refractivity contribution in [2.45, 2.75) is 251 Å². The molecule has 40 nitrogen and oxygen atoms in total. The van der Waals surface area contributed by atoms with Gasteiger partial charge in [-0.15, -0.1) is 15.3 Å². The second-order valence-electron chi connectivity index (χ2n) is 46.3. The first-order valence-electron chi connectivity index (χ1n) is 54.5.